The molecule has 3 aromatic rings. The van der Waals surface area contributed by atoms with Crippen LogP contribution < -0.4 is 34.7 Å². The molecule has 0 atom stereocenters. The van der Waals surface area contributed by atoms with E-state index >= 15 is 0 Å². The number of aryl methyl sites for hydroxylation is 2. The van der Waals surface area contributed by atoms with E-state index in [9.17, 15) is 19.8 Å². The van der Waals surface area contributed by atoms with Crippen molar-refractivity contribution in [2.45, 2.75) is 53.4 Å². The van der Waals surface area contributed by atoms with Gasteiger partial charge in [0.25, 0.3) is 0 Å². The second-order valence-corrected chi connectivity index (χ2v) is 10.7. The van der Waals surface area contributed by atoms with Crippen molar-refractivity contribution in [3.63, 3.8) is 0 Å². The topological polar surface area (TPSA) is 135 Å². The van der Waals surface area contributed by atoms with Crippen LogP contribution in [0.4, 0.5) is 0 Å². The van der Waals surface area contributed by atoms with Crippen LogP contribution in [0.1, 0.15) is 84.6 Å². The molecule has 0 spiro atoms. The average molecular weight is 585 g/mol. The van der Waals surface area contributed by atoms with Gasteiger partial charge in [0, 0.05) is 45.6 Å². The molecule has 0 saturated carbocycles. The summed E-state index contributed by atoms with van der Waals surface area (Å²) < 4.78 is 0. The first-order valence-corrected chi connectivity index (χ1v) is 13.8. The van der Waals surface area contributed by atoms with Crippen LogP contribution in [0.3, 0.4) is 0 Å². The summed E-state index contributed by atoms with van der Waals surface area (Å²) >= 11 is 0. The standard InChI is InChI=1S/C34H34N4O4.Na/c1-7-21-17(3)25-13-26-19(5)23(9-11-33(39)40)31(37-26)16-32-24(10-12-34(41)42)20(6)28(38-32)15-30-22(8-2)18(4)27(36-30)14-29(21)35-25;/h7-8,13-16,35-36H,1-2,9-12H2,3-6H3,(H,39,40)(H,41,42);/q;+1/p-1. The number of nitrogens with zero attached hydrogens (tertiary/aromatic N) is 2. The third-order valence-electron chi connectivity index (χ3n) is 8.21. The largest absolute Gasteiger partial charge is 1.00 e. The van der Waals surface area contributed by atoms with Gasteiger partial charge in [0.05, 0.1) is 22.8 Å². The van der Waals surface area contributed by atoms with E-state index in [1.54, 1.807) is 0 Å². The Hall–Kier alpha value is -3.98. The van der Waals surface area contributed by atoms with Crippen molar-refractivity contribution in [1.29, 1.82) is 0 Å². The average Bonchev–Trinajstić information content (AvgIpc) is 3.59. The van der Waals surface area contributed by atoms with Crippen LogP contribution in [-0.4, -0.2) is 37.0 Å². The number of carbonyl (C=O) groups excluding carboxylic acids is 1. The molecule has 0 aromatic carbocycles. The maximum Gasteiger partial charge on any atom is 1.00 e. The van der Waals surface area contributed by atoms with Gasteiger partial charge >= 0.3 is 35.5 Å². The molecule has 5 rings (SSSR count). The van der Waals surface area contributed by atoms with Crippen LogP contribution >= 0.6 is 0 Å². The summed E-state index contributed by atoms with van der Waals surface area (Å²) in [7, 11) is 0. The van der Waals surface area contributed by atoms with Crippen molar-refractivity contribution in [1.82, 2.24) is 19.9 Å². The summed E-state index contributed by atoms with van der Waals surface area (Å²) in [5.74, 6) is -2.03. The number of rotatable bonds is 8. The smallest absolute Gasteiger partial charge is 0.550 e. The quantitative estimate of drug-likeness (QED) is 0.347. The number of aromatic amines is 2. The van der Waals surface area contributed by atoms with Gasteiger partial charge in [0.1, 0.15) is 0 Å². The summed E-state index contributed by atoms with van der Waals surface area (Å²) in [4.78, 5) is 39.9. The minimum Gasteiger partial charge on any atom is -0.550 e. The second kappa shape index (κ2) is 12.7. The number of allylic oxidation sites excluding steroid dienone is 4. The molecule has 0 aliphatic carbocycles. The summed E-state index contributed by atoms with van der Waals surface area (Å²) in [6, 6.07) is 7.83. The molecule has 3 N–H and O–H groups in total. The molecule has 8 nitrogen and oxygen atoms in total. The van der Waals surface area contributed by atoms with Gasteiger partial charge in [0.15, 0.2) is 0 Å². The Morgan fingerprint density at radius 2 is 1.19 bits per heavy atom. The van der Waals surface area contributed by atoms with E-state index < -0.39 is 11.9 Å². The molecule has 0 amide bonds. The van der Waals surface area contributed by atoms with Crippen molar-refractivity contribution < 1.29 is 49.4 Å². The van der Waals surface area contributed by atoms with Crippen LogP contribution in [0, 0.1) is 13.8 Å². The van der Waals surface area contributed by atoms with E-state index in [2.05, 4.69) is 29.2 Å². The molecule has 2 aliphatic heterocycles. The molecular formula is C34H33N4NaO4. The first-order chi connectivity index (χ1) is 20.0. The fraction of sp³-hybridized carbons (Fsp3) is 0.235. The predicted octanol–water partition coefficient (Wildman–Crippen LogP) is 3.48. The third kappa shape index (κ3) is 6.09. The van der Waals surface area contributed by atoms with Crippen LogP contribution in [0.25, 0.3) is 56.5 Å². The number of H-pyrrole nitrogens is 2. The fourth-order valence-corrected chi connectivity index (χ4v) is 5.76. The van der Waals surface area contributed by atoms with Gasteiger partial charge in [-0.3, -0.25) is 4.79 Å². The van der Waals surface area contributed by atoms with E-state index in [0.29, 0.717) is 23.5 Å². The van der Waals surface area contributed by atoms with Gasteiger partial charge in [-0.1, -0.05) is 25.3 Å². The Morgan fingerprint density at radius 1 is 0.744 bits per heavy atom. The minimum atomic E-state index is -1.14. The number of fused-ring (bicyclic) bond motifs is 8. The van der Waals surface area contributed by atoms with E-state index in [-0.39, 0.29) is 48.8 Å². The molecule has 9 heteroatoms. The molecule has 2 aliphatic rings. The van der Waals surface area contributed by atoms with E-state index in [1.165, 1.54) is 0 Å². The number of hydrogen-bond acceptors (Lipinski definition) is 5. The zero-order chi connectivity index (χ0) is 30.3. The zero-order valence-electron chi connectivity index (χ0n) is 25.3. The normalized spacial score (nSPS) is 12.7. The van der Waals surface area contributed by atoms with Gasteiger partial charge in [-0.05, 0) is 105 Å². The third-order valence-corrected chi connectivity index (χ3v) is 8.21. The molecular weight excluding hydrogens is 551 g/mol. The van der Waals surface area contributed by atoms with Crippen molar-refractivity contribution in [3.8, 4) is 0 Å². The van der Waals surface area contributed by atoms with Crippen LogP contribution in [0.2, 0.25) is 0 Å². The fourth-order valence-electron chi connectivity index (χ4n) is 5.76. The Bertz CT molecular complexity index is 1920. The first kappa shape index (κ1) is 31.9. The summed E-state index contributed by atoms with van der Waals surface area (Å²) in [5.41, 5.74) is 13.5. The molecule has 0 unspecified atom stereocenters. The summed E-state index contributed by atoms with van der Waals surface area (Å²) in [6.45, 7) is 16.0. The van der Waals surface area contributed by atoms with Crippen molar-refractivity contribution in [2.24, 2.45) is 0 Å². The van der Waals surface area contributed by atoms with Crippen LogP contribution in [-0.2, 0) is 9.59 Å². The molecule has 43 heavy (non-hydrogen) atoms. The first-order valence-electron chi connectivity index (χ1n) is 13.8. The van der Waals surface area contributed by atoms with Gasteiger partial charge < -0.3 is 25.0 Å². The van der Waals surface area contributed by atoms with Crippen molar-refractivity contribution in [2.75, 3.05) is 0 Å². The van der Waals surface area contributed by atoms with Gasteiger partial charge in [0.2, 0.25) is 0 Å². The molecule has 8 bridgehead atoms. The Kier molecular flexibility index (Phi) is 9.44. The molecule has 0 fully saturated rings. The molecule has 214 valence electrons. The van der Waals surface area contributed by atoms with E-state index in [0.717, 1.165) is 72.3 Å². The monoisotopic (exact) mass is 584 g/mol. The van der Waals surface area contributed by atoms with Crippen molar-refractivity contribution >= 4 is 68.4 Å². The van der Waals surface area contributed by atoms with E-state index in [4.69, 9.17) is 9.97 Å². The summed E-state index contributed by atoms with van der Waals surface area (Å²) in [5, 5.41) is 20.8. The minimum absolute atomic E-state index is 0. The molecule has 3 aromatic heterocycles. The Balaban J connectivity index is 0.00000423. The van der Waals surface area contributed by atoms with Gasteiger partial charge in [-0.15, -0.1) is 0 Å². The SMILES string of the molecule is C=Cc1c(C)c2cc3[nH]c(cc4nc(cc5nc(cc1[nH]2)C(C)=C5CCC(=O)[O-])C(CCC(=O)O)=C4C)c(C)c3C=C.[Na+]. The van der Waals surface area contributed by atoms with E-state index in [1.807, 2.05) is 58.0 Å². The predicted molar refractivity (Wildman–Crippen MR) is 167 cm³/mol. The van der Waals surface area contributed by atoms with Gasteiger partial charge in [-0.25, -0.2) is 9.97 Å². The summed E-state index contributed by atoms with van der Waals surface area (Å²) in [6.07, 6.45) is 3.99. The Morgan fingerprint density at radius 3 is 1.65 bits per heavy atom. The van der Waals surface area contributed by atoms with Crippen LogP contribution in [0.15, 0.2) is 37.4 Å². The Labute approximate surface area is 272 Å². The van der Waals surface area contributed by atoms with Gasteiger partial charge in [-0.2, -0.15) is 0 Å². The number of carboxylic acids is 2. The maximum atomic E-state index is 11.5. The number of aromatic nitrogens is 4. The molecule has 5 heterocycles. The number of nitrogens with one attached hydrogen (secondary N) is 2. The number of carboxylic acid groups (broad SMARTS) is 2. The van der Waals surface area contributed by atoms with Crippen LogP contribution in [0.5, 0.6) is 0 Å². The number of carbonyl (C=O) groups is 2. The second-order valence-electron chi connectivity index (χ2n) is 10.7. The number of aliphatic carboxylic acids is 2. The zero-order valence-corrected chi connectivity index (χ0v) is 27.3. The number of hydrogen-bond donors (Lipinski definition) is 3. The molecule has 0 radical (unpaired) electrons. The maximum absolute atomic E-state index is 11.5. The molecule has 0 saturated heterocycles. The van der Waals surface area contributed by atoms with Crippen molar-refractivity contribution in [3.05, 3.63) is 82.5 Å².